The number of H-pyrrole nitrogens is 1. The van der Waals surface area contributed by atoms with Crippen molar-refractivity contribution in [2.45, 2.75) is 84.5 Å². The van der Waals surface area contributed by atoms with E-state index in [1.165, 1.54) is 37.0 Å². The van der Waals surface area contributed by atoms with Crippen LogP contribution in [0.4, 0.5) is 4.39 Å². The number of tetrazole rings is 1. The lowest BCUT2D eigenvalue weighted by molar-refractivity contribution is 0.0844. The van der Waals surface area contributed by atoms with Gasteiger partial charge in [0.2, 0.25) is 0 Å². The van der Waals surface area contributed by atoms with Gasteiger partial charge in [0.1, 0.15) is 5.82 Å². The van der Waals surface area contributed by atoms with Gasteiger partial charge in [-0.1, -0.05) is 50.5 Å². The molecule has 1 fully saturated rings. The Morgan fingerprint density at radius 1 is 1.11 bits per heavy atom. The van der Waals surface area contributed by atoms with Crippen LogP contribution in [0.15, 0.2) is 47.3 Å². The smallest absolute Gasteiger partial charge is 0.252 e. The van der Waals surface area contributed by atoms with Crippen LogP contribution in [0.1, 0.15) is 79.6 Å². The summed E-state index contributed by atoms with van der Waals surface area (Å²) in [5, 5.41) is 13.8. The van der Waals surface area contributed by atoms with Crippen LogP contribution < -0.4 is 5.56 Å². The number of nitrogens with zero attached hydrogens (tertiary/aromatic N) is 5. The van der Waals surface area contributed by atoms with E-state index in [0.29, 0.717) is 19.1 Å². The zero-order valence-electron chi connectivity index (χ0n) is 21.9. The summed E-state index contributed by atoms with van der Waals surface area (Å²) in [5.74, 6) is 0.516. The van der Waals surface area contributed by atoms with E-state index in [-0.39, 0.29) is 17.4 Å². The summed E-state index contributed by atoms with van der Waals surface area (Å²) in [5.41, 5.74) is 4.84. The van der Waals surface area contributed by atoms with Gasteiger partial charge in [-0.15, -0.1) is 5.10 Å². The van der Waals surface area contributed by atoms with Gasteiger partial charge in [-0.05, 0) is 83.8 Å². The van der Waals surface area contributed by atoms with Gasteiger partial charge in [-0.25, -0.2) is 9.07 Å². The van der Waals surface area contributed by atoms with Crippen molar-refractivity contribution in [2.75, 3.05) is 0 Å². The molecule has 4 aromatic rings. The van der Waals surface area contributed by atoms with Gasteiger partial charge >= 0.3 is 0 Å². The molecule has 2 heterocycles. The average Bonchev–Trinajstić information content (AvgIpc) is 3.36. The first kappa shape index (κ1) is 25.3. The van der Waals surface area contributed by atoms with Gasteiger partial charge in [-0.2, -0.15) is 0 Å². The highest BCUT2D eigenvalue weighted by Gasteiger charge is 2.32. The first-order valence-electron chi connectivity index (χ1n) is 13.3. The molecule has 1 atom stereocenters. The number of nitrogens with one attached hydrogen (secondary N) is 1. The van der Waals surface area contributed by atoms with Crippen molar-refractivity contribution >= 4 is 10.9 Å². The molecule has 2 aromatic carbocycles. The lowest BCUT2D eigenvalue weighted by Crippen LogP contribution is -2.41. The highest BCUT2D eigenvalue weighted by atomic mass is 19.1. The topological polar surface area (TPSA) is 79.7 Å². The SMILES string of the molecule is CCC(c1nnnn1Cc1ccc(F)cc1)N(Cc1cc2ccc(C)c(C)c2[nH]c1=O)C1CCCCC1. The third-order valence-corrected chi connectivity index (χ3v) is 7.91. The van der Waals surface area contributed by atoms with E-state index in [0.717, 1.165) is 52.7 Å². The van der Waals surface area contributed by atoms with E-state index in [1.54, 1.807) is 12.1 Å². The largest absolute Gasteiger partial charge is 0.321 e. The number of rotatable bonds is 8. The summed E-state index contributed by atoms with van der Waals surface area (Å²) >= 11 is 0. The average molecular weight is 503 g/mol. The monoisotopic (exact) mass is 502 g/mol. The minimum atomic E-state index is -0.262. The number of aromatic nitrogens is 5. The van der Waals surface area contributed by atoms with Crippen LogP contribution in [0.3, 0.4) is 0 Å². The molecule has 37 heavy (non-hydrogen) atoms. The number of hydrogen-bond donors (Lipinski definition) is 1. The van der Waals surface area contributed by atoms with Crippen LogP contribution in [0.25, 0.3) is 10.9 Å². The molecule has 0 radical (unpaired) electrons. The number of fused-ring (bicyclic) bond motifs is 1. The molecule has 0 bridgehead atoms. The fourth-order valence-electron chi connectivity index (χ4n) is 5.68. The number of aromatic amines is 1. The van der Waals surface area contributed by atoms with E-state index in [1.807, 2.05) is 10.7 Å². The van der Waals surface area contributed by atoms with Crippen LogP contribution >= 0.6 is 0 Å². The molecule has 1 N–H and O–H groups in total. The van der Waals surface area contributed by atoms with Crippen LogP contribution in [0, 0.1) is 19.7 Å². The fraction of sp³-hybridized carbons (Fsp3) is 0.448. The Bertz CT molecular complexity index is 1420. The molecule has 7 nitrogen and oxygen atoms in total. The van der Waals surface area contributed by atoms with E-state index in [9.17, 15) is 9.18 Å². The zero-order valence-corrected chi connectivity index (χ0v) is 21.9. The molecule has 0 spiro atoms. The highest BCUT2D eigenvalue weighted by Crippen LogP contribution is 2.33. The quantitative estimate of drug-likeness (QED) is 0.339. The molecule has 1 aliphatic carbocycles. The summed E-state index contributed by atoms with van der Waals surface area (Å²) in [6, 6.07) is 13.0. The van der Waals surface area contributed by atoms with Crippen molar-refractivity contribution in [1.82, 2.24) is 30.1 Å². The third kappa shape index (κ3) is 5.34. The number of aryl methyl sites for hydroxylation is 2. The Balaban J connectivity index is 1.51. The molecule has 1 saturated carbocycles. The van der Waals surface area contributed by atoms with Gasteiger partial charge in [0.25, 0.3) is 5.56 Å². The van der Waals surface area contributed by atoms with Crippen molar-refractivity contribution in [3.8, 4) is 0 Å². The van der Waals surface area contributed by atoms with Crippen LogP contribution in [-0.4, -0.2) is 36.1 Å². The highest BCUT2D eigenvalue weighted by molar-refractivity contribution is 5.83. The van der Waals surface area contributed by atoms with Gasteiger partial charge < -0.3 is 4.98 Å². The maximum atomic E-state index is 13.4. The van der Waals surface area contributed by atoms with Crippen LogP contribution in [0.5, 0.6) is 0 Å². The number of hydrogen-bond acceptors (Lipinski definition) is 5. The Hall–Kier alpha value is -3.39. The molecule has 1 aliphatic rings. The van der Waals surface area contributed by atoms with Gasteiger partial charge in [-0.3, -0.25) is 9.69 Å². The van der Waals surface area contributed by atoms with Crippen LogP contribution in [0.2, 0.25) is 0 Å². The molecule has 0 aliphatic heterocycles. The second-order valence-corrected chi connectivity index (χ2v) is 10.3. The molecule has 1 unspecified atom stereocenters. The van der Waals surface area contributed by atoms with E-state index in [4.69, 9.17) is 0 Å². The predicted molar refractivity (Wildman–Crippen MR) is 143 cm³/mol. The normalized spacial score (nSPS) is 15.5. The number of pyridine rings is 1. The first-order chi connectivity index (χ1) is 17.9. The second-order valence-electron chi connectivity index (χ2n) is 10.3. The van der Waals surface area contributed by atoms with Gasteiger partial charge in [0.05, 0.1) is 18.1 Å². The van der Waals surface area contributed by atoms with Gasteiger partial charge in [0, 0.05) is 18.2 Å². The maximum Gasteiger partial charge on any atom is 0.252 e. The maximum absolute atomic E-state index is 13.4. The Labute approximate surface area is 216 Å². The fourth-order valence-corrected chi connectivity index (χ4v) is 5.68. The van der Waals surface area contributed by atoms with Crippen molar-refractivity contribution < 1.29 is 4.39 Å². The standard InChI is InChI=1S/C29H35FN6O/c1-4-26(28-32-33-34-36(28)17-21-11-14-24(30)15-12-21)35(25-8-6-5-7-9-25)18-23-16-22-13-10-19(2)20(3)27(22)31-29(23)37/h10-16,25-26H,4-9,17-18H2,1-3H3,(H,31,37). The Kier molecular flexibility index (Phi) is 7.46. The predicted octanol–water partition coefficient (Wildman–Crippen LogP) is 5.60. The molecule has 8 heteroatoms. The van der Waals surface area contributed by atoms with Crippen molar-refractivity contribution in [2.24, 2.45) is 0 Å². The molecule has 5 rings (SSSR count). The Morgan fingerprint density at radius 3 is 2.59 bits per heavy atom. The van der Waals surface area contributed by atoms with Crippen molar-refractivity contribution in [1.29, 1.82) is 0 Å². The summed E-state index contributed by atoms with van der Waals surface area (Å²) in [7, 11) is 0. The minimum absolute atomic E-state index is 0.0391. The lowest BCUT2D eigenvalue weighted by atomic mass is 9.92. The number of benzene rings is 2. The number of halogens is 1. The molecular formula is C29H35FN6O. The lowest BCUT2D eigenvalue weighted by Gasteiger charge is -2.39. The Morgan fingerprint density at radius 2 is 1.86 bits per heavy atom. The van der Waals surface area contributed by atoms with Crippen molar-refractivity contribution in [3.05, 3.63) is 86.7 Å². The summed E-state index contributed by atoms with van der Waals surface area (Å²) < 4.78 is 15.2. The molecule has 0 saturated heterocycles. The minimum Gasteiger partial charge on any atom is -0.321 e. The molecule has 0 amide bonds. The van der Waals surface area contributed by atoms with Gasteiger partial charge in [0.15, 0.2) is 5.82 Å². The van der Waals surface area contributed by atoms with E-state index < -0.39 is 0 Å². The molecular weight excluding hydrogens is 467 g/mol. The third-order valence-electron chi connectivity index (χ3n) is 7.91. The second kappa shape index (κ2) is 10.9. The van der Waals surface area contributed by atoms with E-state index >= 15 is 0 Å². The summed E-state index contributed by atoms with van der Waals surface area (Å²) in [4.78, 5) is 18.9. The molecule has 194 valence electrons. The van der Waals surface area contributed by atoms with Crippen molar-refractivity contribution in [3.63, 3.8) is 0 Å². The first-order valence-corrected chi connectivity index (χ1v) is 13.3. The molecule has 2 aromatic heterocycles. The zero-order chi connectivity index (χ0) is 25.9. The summed E-state index contributed by atoms with van der Waals surface area (Å²) in [6.07, 6.45) is 6.62. The van der Waals surface area contributed by atoms with E-state index in [2.05, 4.69) is 58.3 Å². The van der Waals surface area contributed by atoms with Crippen LogP contribution in [-0.2, 0) is 13.1 Å². The summed E-state index contributed by atoms with van der Waals surface area (Å²) in [6.45, 7) is 7.26.